The summed E-state index contributed by atoms with van der Waals surface area (Å²) in [6.07, 6.45) is 0. The van der Waals surface area contributed by atoms with E-state index in [1.165, 1.54) is 29.8 Å². The van der Waals surface area contributed by atoms with Gasteiger partial charge in [-0.05, 0) is 78.5 Å². The first kappa shape index (κ1) is 23.3. The van der Waals surface area contributed by atoms with Crippen LogP contribution in [0.5, 0.6) is 5.75 Å². The average molecular weight is 545 g/mol. The lowest BCUT2D eigenvalue weighted by molar-refractivity contribution is 0.103. The van der Waals surface area contributed by atoms with Crippen LogP contribution < -0.4 is 14.4 Å². The Balaban J connectivity index is 1.63. The van der Waals surface area contributed by atoms with Gasteiger partial charge in [-0.1, -0.05) is 22.0 Å². The fourth-order valence-electron chi connectivity index (χ4n) is 3.34. The number of ether oxygens (including phenoxy) is 1. The van der Waals surface area contributed by atoms with Crippen LogP contribution in [0.4, 0.5) is 11.4 Å². The molecule has 1 heterocycles. The van der Waals surface area contributed by atoms with Crippen molar-refractivity contribution in [1.82, 2.24) is 0 Å². The highest BCUT2D eigenvalue weighted by Gasteiger charge is 2.26. The van der Waals surface area contributed by atoms with E-state index in [9.17, 15) is 13.2 Å². The molecule has 0 atom stereocenters. The number of thiophene rings is 1. The van der Waals surface area contributed by atoms with Gasteiger partial charge in [0.25, 0.3) is 15.9 Å². The monoisotopic (exact) mass is 544 g/mol. The van der Waals surface area contributed by atoms with Gasteiger partial charge in [-0.25, -0.2) is 8.42 Å². The summed E-state index contributed by atoms with van der Waals surface area (Å²) in [5.74, 6) is 0.0708. The van der Waals surface area contributed by atoms with E-state index in [4.69, 9.17) is 4.74 Å². The Morgan fingerprint density at radius 3 is 2.45 bits per heavy atom. The standard InChI is InChI=1S/C24H21BrN2O4S2/c1-15-4-10-20(31-3)23(12-15)33(29,30)27(2)19-9-11-21-16(13-19)14-22(32-21)24(28)26-18-7-5-17(25)6-8-18/h4-14H,1-3H3,(H,26,28). The summed E-state index contributed by atoms with van der Waals surface area (Å²) in [4.78, 5) is 13.3. The minimum atomic E-state index is -3.85. The van der Waals surface area contributed by atoms with E-state index < -0.39 is 10.0 Å². The number of aryl methyl sites for hydroxylation is 1. The molecule has 170 valence electrons. The third-order valence-electron chi connectivity index (χ3n) is 5.15. The maximum Gasteiger partial charge on any atom is 0.267 e. The number of amides is 1. The van der Waals surface area contributed by atoms with E-state index in [0.717, 1.165) is 20.1 Å². The maximum atomic E-state index is 13.3. The van der Waals surface area contributed by atoms with Gasteiger partial charge < -0.3 is 10.1 Å². The Kier molecular flexibility index (Phi) is 6.47. The van der Waals surface area contributed by atoms with E-state index >= 15 is 0 Å². The van der Waals surface area contributed by atoms with E-state index in [2.05, 4.69) is 21.2 Å². The van der Waals surface area contributed by atoms with E-state index in [1.807, 2.05) is 37.3 Å². The summed E-state index contributed by atoms with van der Waals surface area (Å²) in [6, 6.07) is 19.5. The second-order valence-electron chi connectivity index (χ2n) is 7.42. The molecule has 0 spiro atoms. The minimum absolute atomic E-state index is 0.104. The van der Waals surface area contributed by atoms with Crippen molar-refractivity contribution >= 4 is 64.7 Å². The quantitative estimate of drug-likeness (QED) is 0.320. The predicted octanol–water partition coefficient (Wildman–Crippen LogP) is 6.06. The molecule has 1 amide bonds. The molecule has 0 unspecified atom stereocenters. The SMILES string of the molecule is COc1ccc(C)cc1S(=O)(=O)N(C)c1ccc2sc(C(=O)Nc3ccc(Br)cc3)cc2c1. The summed E-state index contributed by atoms with van der Waals surface area (Å²) in [7, 11) is -0.899. The molecule has 0 saturated heterocycles. The average Bonchev–Trinajstić information content (AvgIpc) is 3.23. The Morgan fingerprint density at radius 1 is 1.03 bits per heavy atom. The number of carbonyl (C=O) groups excluding carboxylic acids is 1. The number of halogens is 1. The number of carbonyl (C=O) groups is 1. The zero-order valence-electron chi connectivity index (χ0n) is 18.1. The van der Waals surface area contributed by atoms with Crippen molar-refractivity contribution in [2.24, 2.45) is 0 Å². The molecule has 0 aliphatic carbocycles. The van der Waals surface area contributed by atoms with Crippen molar-refractivity contribution in [3.63, 3.8) is 0 Å². The van der Waals surface area contributed by atoms with Crippen molar-refractivity contribution in [3.05, 3.63) is 81.6 Å². The zero-order chi connectivity index (χ0) is 23.8. The summed E-state index contributed by atoms with van der Waals surface area (Å²) < 4.78 is 35.0. The van der Waals surface area contributed by atoms with E-state index in [0.29, 0.717) is 16.3 Å². The topological polar surface area (TPSA) is 75.7 Å². The number of benzene rings is 3. The van der Waals surface area contributed by atoms with Crippen LogP contribution in [0.1, 0.15) is 15.2 Å². The van der Waals surface area contributed by atoms with Gasteiger partial charge in [-0.2, -0.15) is 0 Å². The Labute approximate surface area is 205 Å². The lowest BCUT2D eigenvalue weighted by atomic mass is 10.2. The molecule has 1 N–H and O–H groups in total. The lowest BCUT2D eigenvalue weighted by Gasteiger charge is -2.21. The van der Waals surface area contributed by atoms with Crippen LogP contribution >= 0.6 is 27.3 Å². The second kappa shape index (κ2) is 9.17. The van der Waals surface area contributed by atoms with Crippen LogP contribution in [0.25, 0.3) is 10.1 Å². The molecular weight excluding hydrogens is 524 g/mol. The number of anilines is 2. The number of sulfonamides is 1. The smallest absolute Gasteiger partial charge is 0.267 e. The Morgan fingerprint density at radius 2 is 1.76 bits per heavy atom. The van der Waals surface area contributed by atoms with Gasteiger partial charge >= 0.3 is 0 Å². The van der Waals surface area contributed by atoms with Gasteiger partial charge in [0, 0.05) is 21.9 Å². The second-order valence-corrected chi connectivity index (χ2v) is 11.4. The molecule has 1 aromatic heterocycles. The molecular formula is C24H21BrN2O4S2. The first-order valence-electron chi connectivity index (χ1n) is 9.93. The molecule has 0 fully saturated rings. The Hall–Kier alpha value is -2.88. The summed E-state index contributed by atoms with van der Waals surface area (Å²) in [5, 5.41) is 3.67. The van der Waals surface area contributed by atoms with Crippen LogP contribution in [-0.4, -0.2) is 28.5 Å². The molecule has 0 saturated carbocycles. The van der Waals surface area contributed by atoms with Crippen molar-refractivity contribution in [3.8, 4) is 5.75 Å². The minimum Gasteiger partial charge on any atom is -0.495 e. The van der Waals surface area contributed by atoms with E-state index in [-0.39, 0.29) is 16.6 Å². The highest BCUT2D eigenvalue weighted by Crippen LogP contribution is 2.34. The lowest BCUT2D eigenvalue weighted by Crippen LogP contribution is -2.27. The Bertz CT molecular complexity index is 1450. The van der Waals surface area contributed by atoms with E-state index in [1.54, 1.807) is 36.4 Å². The third-order valence-corrected chi connectivity index (χ3v) is 8.60. The van der Waals surface area contributed by atoms with Gasteiger partial charge in [0.1, 0.15) is 10.6 Å². The molecule has 0 bridgehead atoms. The van der Waals surface area contributed by atoms with Crippen LogP contribution in [0.3, 0.4) is 0 Å². The molecule has 0 aliphatic rings. The van der Waals surface area contributed by atoms with Crippen molar-refractivity contribution in [1.29, 1.82) is 0 Å². The summed E-state index contributed by atoms with van der Waals surface area (Å²) >= 11 is 4.72. The number of nitrogens with zero attached hydrogens (tertiary/aromatic N) is 1. The largest absolute Gasteiger partial charge is 0.495 e. The predicted molar refractivity (Wildman–Crippen MR) is 137 cm³/mol. The molecule has 4 aromatic rings. The fourth-order valence-corrected chi connectivity index (χ4v) is 5.97. The number of rotatable bonds is 6. The fraction of sp³-hybridized carbons (Fsp3) is 0.125. The van der Waals surface area contributed by atoms with Crippen molar-refractivity contribution < 1.29 is 17.9 Å². The molecule has 0 aliphatic heterocycles. The first-order chi connectivity index (χ1) is 15.7. The zero-order valence-corrected chi connectivity index (χ0v) is 21.3. The first-order valence-corrected chi connectivity index (χ1v) is 13.0. The molecule has 33 heavy (non-hydrogen) atoms. The number of methoxy groups -OCH3 is 1. The molecule has 6 nitrogen and oxygen atoms in total. The van der Waals surface area contributed by atoms with Gasteiger partial charge in [0.05, 0.1) is 17.7 Å². The van der Waals surface area contributed by atoms with Crippen molar-refractivity contribution in [2.45, 2.75) is 11.8 Å². The molecule has 9 heteroatoms. The van der Waals surface area contributed by atoms with Gasteiger partial charge in [-0.15, -0.1) is 11.3 Å². The number of fused-ring (bicyclic) bond motifs is 1. The normalized spacial score (nSPS) is 11.4. The molecule has 4 rings (SSSR count). The molecule has 3 aromatic carbocycles. The van der Waals surface area contributed by atoms with Crippen LogP contribution in [0.15, 0.2) is 76.1 Å². The van der Waals surface area contributed by atoms with Gasteiger partial charge in [0.2, 0.25) is 0 Å². The number of hydrogen-bond acceptors (Lipinski definition) is 5. The number of nitrogens with one attached hydrogen (secondary N) is 1. The molecule has 0 radical (unpaired) electrons. The van der Waals surface area contributed by atoms with Crippen molar-refractivity contribution in [2.75, 3.05) is 23.8 Å². The van der Waals surface area contributed by atoms with Gasteiger partial charge in [-0.3, -0.25) is 9.10 Å². The van der Waals surface area contributed by atoms with Gasteiger partial charge in [0.15, 0.2) is 0 Å². The van der Waals surface area contributed by atoms with Crippen LogP contribution in [0.2, 0.25) is 0 Å². The summed E-state index contributed by atoms with van der Waals surface area (Å²) in [6.45, 7) is 1.83. The number of hydrogen-bond donors (Lipinski definition) is 1. The summed E-state index contributed by atoms with van der Waals surface area (Å²) in [5.41, 5.74) is 2.00. The highest BCUT2D eigenvalue weighted by molar-refractivity contribution is 9.10. The highest BCUT2D eigenvalue weighted by atomic mass is 79.9. The van der Waals surface area contributed by atoms with Crippen LogP contribution in [-0.2, 0) is 10.0 Å². The maximum absolute atomic E-state index is 13.3. The van der Waals surface area contributed by atoms with Crippen LogP contribution in [0, 0.1) is 6.92 Å². The third kappa shape index (κ3) is 4.75.